The van der Waals surface area contributed by atoms with Gasteiger partial charge in [-0.25, -0.2) is 4.98 Å². The molecule has 0 radical (unpaired) electrons. The number of hydrogen-bond donors (Lipinski definition) is 1. The van der Waals surface area contributed by atoms with Crippen molar-refractivity contribution in [2.24, 2.45) is 0 Å². The van der Waals surface area contributed by atoms with E-state index in [4.69, 9.17) is 0 Å². The first-order valence-corrected chi connectivity index (χ1v) is 10.7. The van der Waals surface area contributed by atoms with Crippen LogP contribution in [0, 0.1) is 0 Å². The fraction of sp³-hybridized carbons (Fsp3) is 0.364. The maximum absolute atomic E-state index is 14.1. The number of carbonyl (C=O) groups excluding carboxylic acids is 1. The summed E-state index contributed by atoms with van der Waals surface area (Å²) in [5.41, 5.74) is -2.14. The largest absolute Gasteiger partial charge is 0.424 e. The highest BCUT2D eigenvalue weighted by molar-refractivity contribution is 7.18. The Labute approximate surface area is 181 Å². The second kappa shape index (κ2) is 8.22. The van der Waals surface area contributed by atoms with Crippen LogP contribution in [0.2, 0.25) is 0 Å². The summed E-state index contributed by atoms with van der Waals surface area (Å²) >= 11 is 0.757. The van der Waals surface area contributed by atoms with Crippen LogP contribution in [-0.2, 0) is 10.4 Å². The predicted octanol–water partition coefficient (Wildman–Crippen LogP) is 3.95. The number of aliphatic hydroxyl groups is 1. The maximum Gasteiger partial charge on any atom is 0.424 e. The number of alkyl halides is 3. The standard InChI is InChI=1S/C22H22F3N3O2S/c1-27-11-12-28(17(14-27)15-7-3-2-4-8-15)19(29)13-21(30,22(23,24)25)20-26-16-9-5-6-10-18(16)31-20/h2-10,17,30H,11-14H2,1H3. The fourth-order valence-corrected chi connectivity index (χ4v) is 4.92. The van der Waals surface area contributed by atoms with Crippen LogP contribution >= 0.6 is 11.3 Å². The first-order valence-electron chi connectivity index (χ1n) is 9.87. The van der Waals surface area contributed by atoms with E-state index < -0.39 is 29.1 Å². The number of benzene rings is 2. The Morgan fingerprint density at radius 3 is 2.48 bits per heavy atom. The molecule has 1 aliphatic heterocycles. The first kappa shape index (κ1) is 21.7. The molecule has 0 saturated carbocycles. The zero-order valence-corrected chi connectivity index (χ0v) is 17.7. The summed E-state index contributed by atoms with van der Waals surface area (Å²) in [6, 6.07) is 15.4. The molecule has 2 unspecified atom stereocenters. The van der Waals surface area contributed by atoms with Gasteiger partial charge in [-0.15, -0.1) is 11.3 Å². The third kappa shape index (κ3) is 4.17. The van der Waals surface area contributed by atoms with Crippen LogP contribution in [0.1, 0.15) is 23.0 Å². The molecule has 1 fully saturated rings. The summed E-state index contributed by atoms with van der Waals surface area (Å²) in [5.74, 6) is -0.749. The highest BCUT2D eigenvalue weighted by atomic mass is 32.1. The summed E-state index contributed by atoms with van der Waals surface area (Å²) < 4.78 is 42.7. The van der Waals surface area contributed by atoms with Gasteiger partial charge < -0.3 is 14.9 Å². The van der Waals surface area contributed by atoms with Gasteiger partial charge in [-0.2, -0.15) is 13.2 Å². The zero-order chi connectivity index (χ0) is 22.2. The molecule has 0 spiro atoms. The van der Waals surface area contributed by atoms with Gasteiger partial charge in [0.05, 0.1) is 22.7 Å². The van der Waals surface area contributed by atoms with Gasteiger partial charge in [0.1, 0.15) is 5.01 Å². The smallest absolute Gasteiger partial charge is 0.374 e. The summed E-state index contributed by atoms with van der Waals surface area (Å²) in [4.78, 5) is 20.6. The molecule has 1 aromatic heterocycles. The Morgan fingerprint density at radius 2 is 1.81 bits per heavy atom. The van der Waals surface area contributed by atoms with Gasteiger partial charge in [-0.1, -0.05) is 42.5 Å². The van der Waals surface area contributed by atoms with Gasteiger partial charge in [0.15, 0.2) is 0 Å². The molecular formula is C22H22F3N3O2S. The molecule has 5 nitrogen and oxygen atoms in total. The van der Waals surface area contributed by atoms with Crippen molar-refractivity contribution < 1.29 is 23.1 Å². The van der Waals surface area contributed by atoms with E-state index in [-0.39, 0.29) is 12.6 Å². The number of piperazine rings is 1. The van der Waals surface area contributed by atoms with Crippen molar-refractivity contribution in [2.45, 2.75) is 24.2 Å². The van der Waals surface area contributed by atoms with E-state index in [9.17, 15) is 23.1 Å². The second-order valence-electron chi connectivity index (χ2n) is 7.80. The summed E-state index contributed by atoms with van der Waals surface area (Å²) in [7, 11) is 1.91. The van der Waals surface area contributed by atoms with Crippen LogP contribution in [0.3, 0.4) is 0 Å². The van der Waals surface area contributed by atoms with Gasteiger partial charge in [0.25, 0.3) is 0 Å². The molecule has 2 heterocycles. The van der Waals surface area contributed by atoms with Crippen molar-refractivity contribution in [1.82, 2.24) is 14.8 Å². The molecular weight excluding hydrogens is 427 g/mol. The third-order valence-corrected chi connectivity index (χ3v) is 6.80. The van der Waals surface area contributed by atoms with Crippen LogP contribution in [0.5, 0.6) is 0 Å². The van der Waals surface area contributed by atoms with Crippen LogP contribution in [0.4, 0.5) is 13.2 Å². The number of rotatable bonds is 4. The predicted molar refractivity (Wildman–Crippen MR) is 113 cm³/mol. The molecule has 3 aromatic rings. The number of fused-ring (bicyclic) bond motifs is 1. The van der Waals surface area contributed by atoms with E-state index in [0.717, 1.165) is 16.9 Å². The number of hydrogen-bond acceptors (Lipinski definition) is 5. The highest BCUT2D eigenvalue weighted by Gasteiger charge is 2.59. The Kier molecular flexibility index (Phi) is 5.76. The van der Waals surface area contributed by atoms with Gasteiger partial charge in [0.2, 0.25) is 11.5 Å². The average molecular weight is 449 g/mol. The molecule has 4 rings (SSSR count). The molecule has 0 bridgehead atoms. The zero-order valence-electron chi connectivity index (χ0n) is 16.8. The number of aromatic nitrogens is 1. The van der Waals surface area contributed by atoms with Crippen molar-refractivity contribution in [3.63, 3.8) is 0 Å². The van der Waals surface area contributed by atoms with Crippen molar-refractivity contribution in [3.05, 3.63) is 65.2 Å². The van der Waals surface area contributed by atoms with Crippen LogP contribution < -0.4 is 0 Å². The van der Waals surface area contributed by atoms with Gasteiger partial charge in [-0.05, 0) is 24.7 Å². The lowest BCUT2D eigenvalue weighted by Gasteiger charge is -2.41. The van der Waals surface area contributed by atoms with E-state index in [1.54, 1.807) is 24.3 Å². The van der Waals surface area contributed by atoms with Crippen LogP contribution in [-0.4, -0.2) is 58.7 Å². The lowest BCUT2D eigenvalue weighted by Crippen LogP contribution is -2.52. The molecule has 1 aliphatic rings. The van der Waals surface area contributed by atoms with E-state index in [0.29, 0.717) is 23.3 Å². The first-order chi connectivity index (χ1) is 14.7. The van der Waals surface area contributed by atoms with Gasteiger partial charge in [0, 0.05) is 19.6 Å². The number of halogens is 3. The molecule has 1 amide bonds. The molecule has 164 valence electrons. The molecule has 2 atom stereocenters. The monoisotopic (exact) mass is 449 g/mol. The Morgan fingerprint density at radius 1 is 1.13 bits per heavy atom. The Hall–Kier alpha value is -2.49. The lowest BCUT2D eigenvalue weighted by molar-refractivity contribution is -0.268. The molecule has 2 aromatic carbocycles. The molecule has 9 heteroatoms. The van der Waals surface area contributed by atoms with Crippen LogP contribution in [0.15, 0.2) is 54.6 Å². The fourth-order valence-electron chi connectivity index (χ4n) is 3.85. The Bertz CT molecular complexity index is 1040. The molecule has 1 N–H and O–H groups in total. The summed E-state index contributed by atoms with van der Waals surface area (Å²) in [6.45, 7) is 1.32. The second-order valence-corrected chi connectivity index (χ2v) is 8.83. The normalized spacial score (nSPS) is 20.0. The lowest BCUT2D eigenvalue weighted by atomic mass is 9.96. The highest BCUT2D eigenvalue weighted by Crippen LogP contribution is 2.45. The molecule has 0 aliphatic carbocycles. The van der Waals surface area contributed by atoms with Crippen LogP contribution in [0.25, 0.3) is 10.2 Å². The minimum absolute atomic E-state index is 0.280. The minimum Gasteiger partial charge on any atom is -0.374 e. The number of amides is 1. The summed E-state index contributed by atoms with van der Waals surface area (Å²) in [5, 5.41) is 10.3. The number of thiazole rings is 1. The van der Waals surface area contributed by atoms with Crippen molar-refractivity contribution in [1.29, 1.82) is 0 Å². The van der Waals surface area contributed by atoms with E-state index in [1.807, 2.05) is 42.3 Å². The quantitative estimate of drug-likeness (QED) is 0.655. The van der Waals surface area contributed by atoms with Crippen molar-refractivity contribution in [3.8, 4) is 0 Å². The van der Waals surface area contributed by atoms with E-state index in [1.165, 1.54) is 4.90 Å². The third-order valence-electron chi connectivity index (χ3n) is 5.61. The average Bonchev–Trinajstić information content (AvgIpc) is 3.18. The van der Waals surface area contributed by atoms with Crippen molar-refractivity contribution >= 4 is 27.5 Å². The number of para-hydroxylation sites is 1. The van der Waals surface area contributed by atoms with Gasteiger partial charge in [-0.3, -0.25) is 4.79 Å². The number of carbonyl (C=O) groups is 1. The SMILES string of the molecule is CN1CCN(C(=O)CC(O)(c2nc3ccccc3s2)C(F)(F)F)C(c2ccccc2)C1. The Balaban J connectivity index is 1.67. The molecule has 1 saturated heterocycles. The van der Waals surface area contributed by atoms with Crippen molar-refractivity contribution in [2.75, 3.05) is 26.7 Å². The minimum atomic E-state index is -5.05. The van der Waals surface area contributed by atoms with E-state index >= 15 is 0 Å². The maximum atomic E-state index is 14.1. The summed E-state index contributed by atoms with van der Waals surface area (Å²) in [6.07, 6.45) is -6.16. The van der Waals surface area contributed by atoms with E-state index in [2.05, 4.69) is 4.98 Å². The topological polar surface area (TPSA) is 56.7 Å². The number of nitrogens with zero attached hydrogens (tertiary/aromatic N) is 3. The van der Waals surface area contributed by atoms with Gasteiger partial charge >= 0.3 is 6.18 Å². The number of likely N-dealkylation sites (N-methyl/N-ethyl adjacent to an activating group) is 1. The molecule has 31 heavy (non-hydrogen) atoms.